The zero-order valence-corrected chi connectivity index (χ0v) is 19.8. The van der Waals surface area contributed by atoms with Crippen molar-refractivity contribution in [2.75, 3.05) is 11.9 Å². The average molecular weight is 523 g/mol. The molecule has 0 aliphatic heterocycles. The smallest absolute Gasteiger partial charge is 0.282 e. The Morgan fingerprint density at radius 2 is 2.00 bits per heavy atom. The van der Waals surface area contributed by atoms with E-state index in [0.29, 0.717) is 40.1 Å². The van der Waals surface area contributed by atoms with Gasteiger partial charge in [0.2, 0.25) is 0 Å². The summed E-state index contributed by atoms with van der Waals surface area (Å²) in [7, 11) is 0. The Bertz CT molecular complexity index is 1450. The fourth-order valence-corrected chi connectivity index (χ4v) is 3.62. The molecule has 0 aliphatic carbocycles. The van der Waals surface area contributed by atoms with Gasteiger partial charge in [0.05, 0.1) is 17.1 Å². The summed E-state index contributed by atoms with van der Waals surface area (Å²) in [4.78, 5) is 29.6. The second-order valence-electron chi connectivity index (χ2n) is 7.32. The van der Waals surface area contributed by atoms with Crippen molar-refractivity contribution in [2.24, 2.45) is 5.10 Å². The van der Waals surface area contributed by atoms with Gasteiger partial charge in [0, 0.05) is 16.6 Å². The van der Waals surface area contributed by atoms with Crippen LogP contribution in [0, 0.1) is 5.82 Å². The van der Waals surface area contributed by atoms with E-state index in [1.165, 1.54) is 29.1 Å². The van der Waals surface area contributed by atoms with Crippen LogP contribution in [0.3, 0.4) is 0 Å². The first-order valence-electron chi connectivity index (χ1n) is 10.5. The van der Waals surface area contributed by atoms with Gasteiger partial charge in [-0.3, -0.25) is 9.59 Å². The van der Waals surface area contributed by atoms with Crippen molar-refractivity contribution in [2.45, 2.75) is 13.3 Å². The molecule has 0 bridgehead atoms. The highest BCUT2D eigenvalue weighted by Gasteiger charge is 2.10. The van der Waals surface area contributed by atoms with Gasteiger partial charge in [-0.2, -0.15) is 9.78 Å². The number of aromatic nitrogens is 2. The normalized spacial score (nSPS) is 11.1. The number of fused-ring (bicyclic) bond motifs is 1. The van der Waals surface area contributed by atoms with E-state index in [-0.39, 0.29) is 12.2 Å². The maximum atomic E-state index is 13.3. The average Bonchev–Trinajstić information content (AvgIpc) is 2.82. The standard InChI is InChI=1S/C25H20BrFN4O3/c1-2-23-30-22-10-9-17(26)12-21(22)25(33)31(23)28-14-16-5-3-8-20(11-16)34-15-24(32)29-19-7-4-6-18(27)13-19/h3-14H,2,15H2,1H3,(H,29,32). The number of halogens is 2. The van der Waals surface area contributed by atoms with Gasteiger partial charge >= 0.3 is 0 Å². The molecule has 0 aliphatic rings. The second-order valence-corrected chi connectivity index (χ2v) is 8.24. The van der Waals surface area contributed by atoms with E-state index < -0.39 is 11.7 Å². The summed E-state index contributed by atoms with van der Waals surface area (Å²) in [6.45, 7) is 1.65. The Morgan fingerprint density at radius 3 is 2.79 bits per heavy atom. The molecule has 0 saturated heterocycles. The van der Waals surface area contributed by atoms with Crippen molar-refractivity contribution in [3.63, 3.8) is 0 Å². The predicted molar refractivity (Wildman–Crippen MR) is 133 cm³/mol. The Hall–Kier alpha value is -3.85. The van der Waals surface area contributed by atoms with Crippen LogP contribution in [-0.2, 0) is 11.2 Å². The van der Waals surface area contributed by atoms with Crippen LogP contribution in [0.2, 0.25) is 0 Å². The summed E-state index contributed by atoms with van der Waals surface area (Å²) in [5, 5.41) is 7.39. The summed E-state index contributed by atoms with van der Waals surface area (Å²) in [6, 6.07) is 17.9. The molecule has 0 unspecified atom stereocenters. The van der Waals surface area contributed by atoms with Gasteiger partial charge in [-0.05, 0) is 54.1 Å². The number of carbonyl (C=O) groups is 1. The summed E-state index contributed by atoms with van der Waals surface area (Å²) < 4.78 is 20.9. The minimum Gasteiger partial charge on any atom is -0.484 e. The van der Waals surface area contributed by atoms with Crippen LogP contribution in [0.25, 0.3) is 10.9 Å². The molecule has 0 radical (unpaired) electrons. The van der Waals surface area contributed by atoms with Crippen LogP contribution in [0.4, 0.5) is 10.1 Å². The molecule has 1 N–H and O–H groups in total. The molecule has 1 heterocycles. The van der Waals surface area contributed by atoms with E-state index in [4.69, 9.17) is 4.74 Å². The molecular formula is C25H20BrFN4O3. The number of aryl methyl sites for hydroxylation is 1. The quantitative estimate of drug-likeness (QED) is 0.354. The van der Waals surface area contributed by atoms with Crippen LogP contribution in [0.15, 0.2) is 81.1 Å². The third-order valence-electron chi connectivity index (χ3n) is 4.85. The van der Waals surface area contributed by atoms with Crippen LogP contribution in [0.5, 0.6) is 5.75 Å². The molecule has 4 aromatic rings. The molecule has 3 aromatic carbocycles. The van der Waals surface area contributed by atoms with E-state index in [0.717, 1.165) is 4.47 Å². The first-order chi connectivity index (χ1) is 16.4. The van der Waals surface area contributed by atoms with E-state index in [1.807, 2.05) is 13.0 Å². The zero-order valence-electron chi connectivity index (χ0n) is 18.2. The largest absolute Gasteiger partial charge is 0.484 e. The van der Waals surface area contributed by atoms with Crippen LogP contribution >= 0.6 is 15.9 Å². The van der Waals surface area contributed by atoms with Gasteiger partial charge in [0.15, 0.2) is 6.61 Å². The van der Waals surface area contributed by atoms with Crippen molar-refractivity contribution in [3.05, 3.63) is 98.8 Å². The first kappa shape index (κ1) is 23.3. The SMILES string of the molecule is CCc1nc2ccc(Br)cc2c(=O)n1N=Cc1cccc(OCC(=O)Nc2cccc(F)c2)c1. The first-order valence-corrected chi connectivity index (χ1v) is 11.3. The molecule has 0 spiro atoms. The summed E-state index contributed by atoms with van der Waals surface area (Å²) in [6.07, 6.45) is 2.06. The number of rotatable bonds is 7. The molecule has 1 aromatic heterocycles. The van der Waals surface area contributed by atoms with Gasteiger partial charge < -0.3 is 10.1 Å². The van der Waals surface area contributed by atoms with Crippen molar-refractivity contribution in [3.8, 4) is 5.75 Å². The lowest BCUT2D eigenvalue weighted by molar-refractivity contribution is -0.118. The molecule has 0 atom stereocenters. The summed E-state index contributed by atoms with van der Waals surface area (Å²) in [5.41, 5.74) is 1.37. The zero-order chi connectivity index (χ0) is 24.1. The highest BCUT2D eigenvalue weighted by atomic mass is 79.9. The van der Waals surface area contributed by atoms with Gasteiger partial charge in [-0.15, -0.1) is 0 Å². The number of nitrogens with zero attached hydrogens (tertiary/aromatic N) is 3. The topological polar surface area (TPSA) is 85.6 Å². The fourth-order valence-electron chi connectivity index (χ4n) is 3.26. The Balaban J connectivity index is 1.49. The highest BCUT2D eigenvalue weighted by molar-refractivity contribution is 9.10. The van der Waals surface area contributed by atoms with Crippen molar-refractivity contribution >= 4 is 44.6 Å². The number of nitrogens with one attached hydrogen (secondary N) is 1. The van der Waals surface area contributed by atoms with E-state index in [9.17, 15) is 14.0 Å². The number of anilines is 1. The Labute approximate surface area is 203 Å². The van der Waals surface area contributed by atoms with Crippen molar-refractivity contribution in [1.29, 1.82) is 0 Å². The Kier molecular flexibility index (Phi) is 7.12. The molecule has 172 valence electrons. The van der Waals surface area contributed by atoms with Crippen LogP contribution in [-0.4, -0.2) is 28.4 Å². The van der Waals surface area contributed by atoms with Gasteiger partial charge in [0.25, 0.3) is 11.5 Å². The van der Waals surface area contributed by atoms with Crippen LogP contribution in [0.1, 0.15) is 18.3 Å². The lowest BCUT2D eigenvalue weighted by Gasteiger charge is -2.09. The van der Waals surface area contributed by atoms with Crippen molar-refractivity contribution < 1.29 is 13.9 Å². The molecule has 9 heteroatoms. The third-order valence-corrected chi connectivity index (χ3v) is 5.34. The molecule has 0 saturated carbocycles. The van der Waals surface area contributed by atoms with E-state index >= 15 is 0 Å². The Morgan fingerprint density at radius 1 is 1.18 bits per heavy atom. The minimum atomic E-state index is -0.440. The van der Waals surface area contributed by atoms with E-state index in [1.54, 1.807) is 42.5 Å². The summed E-state index contributed by atoms with van der Waals surface area (Å²) >= 11 is 3.38. The third kappa shape index (κ3) is 5.55. The van der Waals surface area contributed by atoms with Crippen LogP contribution < -0.4 is 15.6 Å². The lowest BCUT2D eigenvalue weighted by Crippen LogP contribution is -2.22. The maximum absolute atomic E-state index is 13.3. The monoisotopic (exact) mass is 522 g/mol. The lowest BCUT2D eigenvalue weighted by atomic mass is 10.2. The number of benzene rings is 3. The molecule has 4 rings (SSSR count). The number of ether oxygens (including phenoxy) is 1. The predicted octanol–water partition coefficient (Wildman–Crippen LogP) is 4.76. The number of hydrogen-bond donors (Lipinski definition) is 1. The fraction of sp³-hybridized carbons (Fsp3) is 0.120. The molecule has 1 amide bonds. The van der Waals surface area contributed by atoms with E-state index in [2.05, 4.69) is 31.3 Å². The molecule has 0 fully saturated rings. The number of amides is 1. The number of hydrogen-bond acceptors (Lipinski definition) is 5. The maximum Gasteiger partial charge on any atom is 0.282 e. The van der Waals surface area contributed by atoms with Crippen molar-refractivity contribution in [1.82, 2.24) is 9.66 Å². The molecular weight excluding hydrogens is 503 g/mol. The summed E-state index contributed by atoms with van der Waals surface area (Å²) in [5.74, 6) is 0.127. The minimum absolute atomic E-state index is 0.250. The molecule has 7 nitrogen and oxygen atoms in total. The number of carbonyl (C=O) groups excluding carboxylic acids is 1. The van der Waals surface area contributed by atoms with Gasteiger partial charge in [-0.25, -0.2) is 9.37 Å². The molecule has 34 heavy (non-hydrogen) atoms. The second kappa shape index (κ2) is 10.4. The van der Waals surface area contributed by atoms with Gasteiger partial charge in [-0.1, -0.05) is 41.1 Å². The highest BCUT2D eigenvalue weighted by Crippen LogP contribution is 2.17. The van der Waals surface area contributed by atoms with Gasteiger partial charge in [0.1, 0.15) is 17.4 Å².